The molecular formula is C15H26N2O3. The third-order valence-corrected chi connectivity index (χ3v) is 4.91. The second-order valence-electron chi connectivity index (χ2n) is 6.48. The summed E-state index contributed by atoms with van der Waals surface area (Å²) >= 11 is 0. The normalized spacial score (nSPS) is 31.2. The van der Waals surface area contributed by atoms with Crippen LogP contribution in [0.25, 0.3) is 0 Å². The zero-order chi connectivity index (χ0) is 14.7. The Bertz CT molecular complexity index is 364. The Balaban J connectivity index is 1.78. The van der Waals surface area contributed by atoms with Crippen LogP contribution in [0.3, 0.4) is 0 Å². The highest BCUT2D eigenvalue weighted by Crippen LogP contribution is 2.26. The minimum Gasteiger partial charge on any atom is -0.481 e. The van der Waals surface area contributed by atoms with Crippen molar-refractivity contribution in [2.24, 2.45) is 11.8 Å². The number of carboxylic acids is 1. The number of likely N-dealkylation sites (N-methyl/N-ethyl adjacent to an activating group) is 1. The Morgan fingerprint density at radius 1 is 1.20 bits per heavy atom. The topological polar surface area (TPSA) is 60.9 Å². The molecule has 1 saturated heterocycles. The van der Waals surface area contributed by atoms with E-state index in [-0.39, 0.29) is 11.8 Å². The fourth-order valence-corrected chi connectivity index (χ4v) is 3.31. The van der Waals surface area contributed by atoms with E-state index < -0.39 is 5.97 Å². The van der Waals surface area contributed by atoms with Gasteiger partial charge in [0.1, 0.15) is 0 Å². The number of nitrogens with zero attached hydrogens (tertiary/aromatic N) is 2. The first-order chi connectivity index (χ1) is 9.47. The summed E-state index contributed by atoms with van der Waals surface area (Å²) < 4.78 is 0. The van der Waals surface area contributed by atoms with Crippen LogP contribution in [0.4, 0.5) is 0 Å². The summed E-state index contributed by atoms with van der Waals surface area (Å²) in [6, 6.07) is 0.372. The number of carbonyl (C=O) groups is 2. The van der Waals surface area contributed by atoms with Gasteiger partial charge in [-0.05, 0) is 44.6 Å². The van der Waals surface area contributed by atoms with Crippen molar-refractivity contribution in [1.29, 1.82) is 0 Å². The second kappa shape index (κ2) is 6.57. The van der Waals surface area contributed by atoms with Crippen LogP contribution in [-0.4, -0.2) is 59.5 Å². The van der Waals surface area contributed by atoms with Crippen LogP contribution < -0.4 is 0 Å². The smallest absolute Gasteiger partial charge is 0.307 e. The van der Waals surface area contributed by atoms with Gasteiger partial charge in [-0.15, -0.1) is 0 Å². The molecule has 0 aromatic carbocycles. The lowest BCUT2D eigenvalue weighted by Gasteiger charge is -2.34. The molecule has 0 spiro atoms. The van der Waals surface area contributed by atoms with Crippen LogP contribution in [-0.2, 0) is 9.59 Å². The van der Waals surface area contributed by atoms with Crippen LogP contribution in [0.5, 0.6) is 0 Å². The Labute approximate surface area is 120 Å². The number of carboxylic acid groups (broad SMARTS) is 1. The zero-order valence-electron chi connectivity index (χ0n) is 12.5. The van der Waals surface area contributed by atoms with Crippen molar-refractivity contribution in [3.63, 3.8) is 0 Å². The molecule has 0 aromatic heterocycles. The standard InChI is InChI=1S/C15H26N2O3/c1-11-3-5-13(6-4-11)16(2)14(18)10-17-8-7-12(9-17)15(19)20/h11-13H,3-10H2,1-2H3,(H,19,20)/t11?,12-,13?/m1/s1. The van der Waals surface area contributed by atoms with Crippen molar-refractivity contribution in [1.82, 2.24) is 9.80 Å². The molecule has 1 aliphatic carbocycles. The van der Waals surface area contributed by atoms with E-state index in [0.717, 1.165) is 25.3 Å². The molecule has 114 valence electrons. The molecule has 20 heavy (non-hydrogen) atoms. The lowest BCUT2D eigenvalue weighted by atomic mass is 9.87. The van der Waals surface area contributed by atoms with E-state index in [2.05, 4.69) is 6.92 Å². The van der Waals surface area contributed by atoms with Crippen molar-refractivity contribution in [2.45, 2.75) is 45.1 Å². The molecule has 0 unspecified atom stereocenters. The van der Waals surface area contributed by atoms with Gasteiger partial charge in [-0.3, -0.25) is 14.5 Å². The quantitative estimate of drug-likeness (QED) is 0.847. The summed E-state index contributed by atoms with van der Waals surface area (Å²) in [6.07, 6.45) is 5.26. The van der Waals surface area contributed by atoms with Gasteiger partial charge in [0.2, 0.25) is 5.91 Å². The highest BCUT2D eigenvalue weighted by molar-refractivity contribution is 5.78. The van der Waals surface area contributed by atoms with E-state index in [1.165, 1.54) is 12.8 Å². The van der Waals surface area contributed by atoms with Crippen molar-refractivity contribution in [3.05, 3.63) is 0 Å². The molecule has 1 atom stereocenters. The van der Waals surface area contributed by atoms with Gasteiger partial charge in [0.15, 0.2) is 0 Å². The molecule has 2 fully saturated rings. The van der Waals surface area contributed by atoms with Crippen LogP contribution in [0.15, 0.2) is 0 Å². The summed E-state index contributed by atoms with van der Waals surface area (Å²) in [5.41, 5.74) is 0. The SMILES string of the molecule is CC1CCC(N(C)C(=O)CN2CC[C@@H](C(=O)O)C2)CC1. The Morgan fingerprint density at radius 3 is 2.40 bits per heavy atom. The third-order valence-electron chi connectivity index (χ3n) is 4.91. The maximum atomic E-state index is 12.3. The number of amides is 1. The second-order valence-corrected chi connectivity index (χ2v) is 6.48. The molecule has 1 N–H and O–H groups in total. The monoisotopic (exact) mass is 282 g/mol. The zero-order valence-corrected chi connectivity index (χ0v) is 12.5. The van der Waals surface area contributed by atoms with Gasteiger partial charge in [0, 0.05) is 19.6 Å². The summed E-state index contributed by atoms with van der Waals surface area (Å²) in [5, 5.41) is 8.98. The maximum absolute atomic E-state index is 12.3. The van der Waals surface area contributed by atoms with Gasteiger partial charge in [-0.25, -0.2) is 0 Å². The van der Waals surface area contributed by atoms with Gasteiger partial charge < -0.3 is 10.0 Å². The third kappa shape index (κ3) is 3.72. The highest BCUT2D eigenvalue weighted by Gasteiger charge is 2.31. The van der Waals surface area contributed by atoms with E-state index in [1.807, 2.05) is 16.8 Å². The van der Waals surface area contributed by atoms with Crippen molar-refractivity contribution in [3.8, 4) is 0 Å². The predicted octanol–water partition coefficient (Wildman–Crippen LogP) is 1.43. The lowest BCUT2D eigenvalue weighted by Crippen LogP contribution is -2.44. The molecule has 1 aliphatic heterocycles. The Kier molecular flexibility index (Phi) is 5.02. The first-order valence-corrected chi connectivity index (χ1v) is 7.68. The maximum Gasteiger partial charge on any atom is 0.307 e. The number of rotatable bonds is 4. The predicted molar refractivity (Wildman–Crippen MR) is 76.4 cm³/mol. The van der Waals surface area contributed by atoms with Crippen molar-refractivity contribution >= 4 is 11.9 Å². The number of hydrogen-bond acceptors (Lipinski definition) is 3. The highest BCUT2D eigenvalue weighted by atomic mass is 16.4. The fourth-order valence-electron chi connectivity index (χ4n) is 3.31. The molecule has 2 aliphatic rings. The molecule has 5 heteroatoms. The molecule has 2 rings (SSSR count). The Morgan fingerprint density at radius 2 is 1.85 bits per heavy atom. The summed E-state index contributed by atoms with van der Waals surface area (Å²) in [6.45, 7) is 3.87. The number of hydrogen-bond donors (Lipinski definition) is 1. The lowest BCUT2D eigenvalue weighted by molar-refractivity contribution is -0.141. The van der Waals surface area contributed by atoms with Crippen LogP contribution in [0, 0.1) is 11.8 Å². The molecule has 0 radical (unpaired) electrons. The minimum atomic E-state index is -0.741. The number of carbonyl (C=O) groups excluding carboxylic acids is 1. The van der Waals surface area contributed by atoms with E-state index >= 15 is 0 Å². The summed E-state index contributed by atoms with van der Waals surface area (Å²) in [4.78, 5) is 27.1. The van der Waals surface area contributed by atoms with E-state index in [0.29, 0.717) is 25.6 Å². The number of likely N-dealkylation sites (tertiary alicyclic amines) is 1. The average Bonchev–Trinajstić information content (AvgIpc) is 2.87. The van der Waals surface area contributed by atoms with Gasteiger partial charge in [0.05, 0.1) is 12.5 Å². The minimum absolute atomic E-state index is 0.135. The average molecular weight is 282 g/mol. The van der Waals surface area contributed by atoms with Gasteiger partial charge >= 0.3 is 5.97 Å². The van der Waals surface area contributed by atoms with Crippen LogP contribution in [0.1, 0.15) is 39.0 Å². The first-order valence-electron chi connectivity index (χ1n) is 7.68. The first kappa shape index (κ1) is 15.3. The van der Waals surface area contributed by atoms with E-state index in [4.69, 9.17) is 5.11 Å². The van der Waals surface area contributed by atoms with Gasteiger partial charge in [-0.2, -0.15) is 0 Å². The molecule has 0 bridgehead atoms. The molecular weight excluding hydrogens is 256 g/mol. The molecule has 1 saturated carbocycles. The largest absolute Gasteiger partial charge is 0.481 e. The Hall–Kier alpha value is -1.10. The van der Waals surface area contributed by atoms with E-state index in [1.54, 1.807) is 0 Å². The molecule has 0 aromatic rings. The fraction of sp³-hybridized carbons (Fsp3) is 0.867. The van der Waals surface area contributed by atoms with Crippen LogP contribution in [0.2, 0.25) is 0 Å². The molecule has 5 nitrogen and oxygen atoms in total. The summed E-state index contributed by atoms with van der Waals surface area (Å²) in [5.74, 6) is -0.126. The number of aliphatic carboxylic acids is 1. The van der Waals surface area contributed by atoms with Crippen molar-refractivity contribution < 1.29 is 14.7 Å². The molecule has 1 amide bonds. The van der Waals surface area contributed by atoms with Gasteiger partial charge in [-0.1, -0.05) is 6.92 Å². The van der Waals surface area contributed by atoms with E-state index in [9.17, 15) is 9.59 Å². The van der Waals surface area contributed by atoms with Crippen molar-refractivity contribution in [2.75, 3.05) is 26.7 Å². The molecule has 1 heterocycles. The van der Waals surface area contributed by atoms with Gasteiger partial charge in [0.25, 0.3) is 0 Å². The van der Waals surface area contributed by atoms with Crippen LogP contribution >= 0.6 is 0 Å². The summed E-state index contributed by atoms with van der Waals surface area (Å²) in [7, 11) is 1.90.